The molecule has 2 atom stereocenters. The second-order valence-electron chi connectivity index (χ2n) is 4.60. The number of piperidine rings is 1. The first-order valence-electron chi connectivity index (χ1n) is 6.24. The summed E-state index contributed by atoms with van der Waals surface area (Å²) in [7, 11) is 0. The van der Waals surface area contributed by atoms with Crippen molar-refractivity contribution in [1.82, 2.24) is 10.6 Å². The average molecular weight is 249 g/mol. The Morgan fingerprint density at radius 2 is 2.19 bits per heavy atom. The fourth-order valence-corrected chi connectivity index (χ4v) is 2.00. The molecule has 3 nitrogen and oxygen atoms in total. The Kier molecular flexibility index (Phi) is 8.67. The molecule has 1 amide bonds. The third-order valence-electron chi connectivity index (χ3n) is 3.18. The number of unbranched alkanes of at least 4 members (excludes halogenated alkanes) is 2. The SMILES string of the molecule is CCCCCC(=O)NC1CNCCC1C.Cl. The number of nitrogens with one attached hydrogen (secondary N) is 2. The van der Waals surface area contributed by atoms with E-state index in [0.29, 0.717) is 18.4 Å². The minimum Gasteiger partial charge on any atom is -0.352 e. The van der Waals surface area contributed by atoms with E-state index in [9.17, 15) is 4.79 Å². The standard InChI is InChI=1S/C12H24N2O.ClH/c1-3-4-5-6-12(15)14-11-9-13-8-7-10(11)2;/h10-11,13H,3-9H2,1-2H3,(H,14,15);1H. The summed E-state index contributed by atoms with van der Waals surface area (Å²) in [5, 5.41) is 6.45. The zero-order valence-corrected chi connectivity index (χ0v) is 11.2. The first-order valence-corrected chi connectivity index (χ1v) is 6.24. The second-order valence-corrected chi connectivity index (χ2v) is 4.60. The molecule has 0 aromatic carbocycles. The minimum absolute atomic E-state index is 0. The molecule has 1 saturated heterocycles. The molecule has 0 saturated carbocycles. The molecule has 0 aliphatic carbocycles. The number of carbonyl (C=O) groups is 1. The lowest BCUT2D eigenvalue weighted by Gasteiger charge is -2.30. The van der Waals surface area contributed by atoms with Crippen molar-refractivity contribution in [2.24, 2.45) is 5.92 Å². The molecule has 2 unspecified atom stereocenters. The van der Waals surface area contributed by atoms with E-state index >= 15 is 0 Å². The smallest absolute Gasteiger partial charge is 0.220 e. The Balaban J connectivity index is 0.00000225. The van der Waals surface area contributed by atoms with Crippen molar-refractivity contribution in [3.05, 3.63) is 0 Å². The van der Waals surface area contributed by atoms with Gasteiger partial charge >= 0.3 is 0 Å². The topological polar surface area (TPSA) is 41.1 Å². The van der Waals surface area contributed by atoms with Crippen LogP contribution in [-0.2, 0) is 4.79 Å². The van der Waals surface area contributed by atoms with Crippen molar-refractivity contribution >= 4 is 18.3 Å². The van der Waals surface area contributed by atoms with E-state index in [1.54, 1.807) is 0 Å². The maximum absolute atomic E-state index is 11.6. The molecule has 0 radical (unpaired) electrons. The summed E-state index contributed by atoms with van der Waals surface area (Å²) in [6.07, 6.45) is 5.22. The lowest BCUT2D eigenvalue weighted by molar-refractivity contribution is -0.122. The van der Waals surface area contributed by atoms with Crippen LogP contribution in [0.15, 0.2) is 0 Å². The normalized spacial score (nSPS) is 24.6. The molecule has 96 valence electrons. The highest BCUT2D eigenvalue weighted by Gasteiger charge is 2.21. The van der Waals surface area contributed by atoms with Crippen LogP contribution in [0.2, 0.25) is 0 Å². The number of hydrogen-bond acceptors (Lipinski definition) is 2. The lowest BCUT2D eigenvalue weighted by Crippen LogP contribution is -2.50. The highest BCUT2D eigenvalue weighted by molar-refractivity contribution is 5.85. The van der Waals surface area contributed by atoms with Gasteiger partial charge in [-0.3, -0.25) is 4.79 Å². The highest BCUT2D eigenvalue weighted by Crippen LogP contribution is 2.11. The summed E-state index contributed by atoms with van der Waals surface area (Å²) in [5.41, 5.74) is 0. The fourth-order valence-electron chi connectivity index (χ4n) is 2.00. The van der Waals surface area contributed by atoms with Gasteiger partial charge in [0.25, 0.3) is 0 Å². The van der Waals surface area contributed by atoms with Crippen LogP contribution in [0, 0.1) is 5.92 Å². The molecule has 1 aliphatic rings. The van der Waals surface area contributed by atoms with Gasteiger partial charge in [-0.25, -0.2) is 0 Å². The van der Waals surface area contributed by atoms with Gasteiger partial charge in [0.2, 0.25) is 5.91 Å². The third-order valence-corrected chi connectivity index (χ3v) is 3.18. The van der Waals surface area contributed by atoms with Crippen molar-refractivity contribution in [1.29, 1.82) is 0 Å². The molecular weight excluding hydrogens is 224 g/mol. The van der Waals surface area contributed by atoms with Gasteiger partial charge in [0, 0.05) is 19.0 Å². The summed E-state index contributed by atoms with van der Waals surface area (Å²) in [6, 6.07) is 0.341. The van der Waals surface area contributed by atoms with Crippen LogP contribution in [0.3, 0.4) is 0 Å². The van der Waals surface area contributed by atoms with Gasteiger partial charge in [0.15, 0.2) is 0 Å². The molecule has 0 bridgehead atoms. The monoisotopic (exact) mass is 248 g/mol. The number of amides is 1. The van der Waals surface area contributed by atoms with E-state index in [-0.39, 0.29) is 18.3 Å². The number of carbonyl (C=O) groups excluding carboxylic acids is 1. The number of hydrogen-bond donors (Lipinski definition) is 2. The van der Waals surface area contributed by atoms with E-state index in [1.165, 1.54) is 12.8 Å². The maximum atomic E-state index is 11.6. The van der Waals surface area contributed by atoms with Crippen LogP contribution < -0.4 is 10.6 Å². The van der Waals surface area contributed by atoms with Gasteiger partial charge in [-0.15, -0.1) is 12.4 Å². The third kappa shape index (κ3) is 5.71. The highest BCUT2D eigenvalue weighted by atomic mass is 35.5. The second kappa shape index (κ2) is 8.82. The van der Waals surface area contributed by atoms with Gasteiger partial charge in [-0.1, -0.05) is 26.7 Å². The van der Waals surface area contributed by atoms with E-state index in [1.807, 2.05) is 0 Å². The predicted molar refractivity (Wildman–Crippen MR) is 70.0 cm³/mol. The Hall–Kier alpha value is -0.280. The maximum Gasteiger partial charge on any atom is 0.220 e. The Bertz CT molecular complexity index is 199. The molecule has 0 spiro atoms. The van der Waals surface area contributed by atoms with E-state index < -0.39 is 0 Å². The molecule has 0 aromatic rings. The van der Waals surface area contributed by atoms with Crippen LogP contribution in [0.4, 0.5) is 0 Å². The minimum atomic E-state index is 0. The van der Waals surface area contributed by atoms with Crippen LogP contribution in [-0.4, -0.2) is 25.0 Å². The van der Waals surface area contributed by atoms with Crippen LogP contribution in [0.25, 0.3) is 0 Å². The molecular formula is C12H25ClN2O. The Morgan fingerprint density at radius 1 is 1.44 bits per heavy atom. The molecule has 1 fully saturated rings. The number of halogens is 1. The first-order chi connectivity index (χ1) is 7.24. The molecule has 1 rings (SSSR count). The van der Waals surface area contributed by atoms with Crippen molar-refractivity contribution in [2.45, 2.75) is 52.0 Å². The van der Waals surface area contributed by atoms with Crippen LogP contribution in [0.5, 0.6) is 0 Å². The quantitative estimate of drug-likeness (QED) is 0.732. The Labute approximate surface area is 105 Å². The lowest BCUT2D eigenvalue weighted by atomic mass is 9.94. The molecule has 0 aromatic heterocycles. The average Bonchev–Trinajstić information content (AvgIpc) is 2.22. The Morgan fingerprint density at radius 3 is 2.81 bits per heavy atom. The summed E-state index contributed by atoms with van der Waals surface area (Å²) >= 11 is 0. The van der Waals surface area contributed by atoms with Gasteiger partial charge < -0.3 is 10.6 Å². The van der Waals surface area contributed by atoms with Crippen molar-refractivity contribution < 1.29 is 4.79 Å². The van der Waals surface area contributed by atoms with Crippen molar-refractivity contribution in [3.8, 4) is 0 Å². The van der Waals surface area contributed by atoms with Crippen molar-refractivity contribution in [3.63, 3.8) is 0 Å². The van der Waals surface area contributed by atoms with Gasteiger partial charge in [-0.05, 0) is 25.3 Å². The predicted octanol–water partition coefficient (Wildman–Crippen LogP) is 2.10. The fraction of sp³-hybridized carbons (Fsp3) is 0.917. The first kappa shape index (κ1) is 15.7. The van der Waals surface area contributed by atoms with Crippen LogP contribution in [0.1, 0.15) is 46.0 Å². The zero-order chi connectivity index (χ0) is 11.1. The van der Waals surface area contributed by atoms with Gasteiger partial charge in [0.05, 0.1) is 0 Å². The van der Waals surface area contributed by atoms with E-state index in [0.717, 1.165) is 25.9 Å². The van der Waals surface area contributed by atoms with Gasteiger partial charge in [0.1, 0.15) is 0 Å². The van der Waals surface area contributed by atoms with Gasteiger partial charge in [-0.2, -0.15) is 0 Å². The summed E-state index contributed by atoms with van der Waals surface area (Å²) in [4.78, 5) is 11.6. The molecule has 2 N–H and O–H groups in total. The summed E-state index contributed by atoms with van der Waals surface area (Å²) < 4.78 is 0. The number of rotatable bonds is 5. The molecule has 16 heavy (non-hydrogen) atoms. The largest absolute Gasteiger partial charge is 0.352 e. The summed E-state index contributed by atoms with van der Waals surface area (Å²) in [6.45, 7) is 6.40. The van der Waals surface area contributed by atoms with Crippen molar-refractivity contribution in [2.75, 3.05) is 13.1 Å². The molecule has 4 heteroatoms. The van der Waals surface area contributed by atoms with E-state index in [2.05, 4.69) is 24.5 Å². The molecule has 1 aliphatic heterocycles. The molecule has 1 heterocycles. The summed E-state index contributed by atoms with van der Waals surface area (Å²) in [5.74, 6) is 0.838. The zero-order valence-electron chi connectivity index (χ0n) is 10.4. The van der Waals surface area contributed by atoms with E-state index in [4.69, 9.17) is 0 Å². The van der Waals surface area contributed by atoms with Crippen LogP contribution >= 0.6 is 12.4 Å².